The second-order valence-corrected chi connectivity index (χ2v) is 5.06. The smallest absolute Gasteiger partial charge is 0.343 e. The zero-order chi connectivity index (χ0) is 17.9. The number of aliphatic hydroxyl groups excluding tert-OH is 1. The van der Waals surface area contributed by atoms with Gasteiger partial charge < -0.3 is 14.6 Å². The predicted octanol–water partition coefficient (Wildman–Crippen LogP) is 3.18. The highest BCUT2D eigenvalue weighted by Crippen LogP contribution is 2.31. The molecule has 0 amide bonds. The van der Waals surface area contributed by atoms with Gasteiger partial charge in [0.25, 0.3) is 0 Å². The number of rotatable bonds is 6. The van der Waals surface area contributed by atoms with Crippen LogP contribution in [-0.4, -0.2) is 37.0 Å². The summed E-state index contributed by atoms with van der Waals surface area (Å²) in [6.07, 6.45) is 2.72. The first kappa shape index (κ1) is 17.8. The molecule has 0 radical (unpaired) electrons. The van der Waals surface area contributed by atoms with Crippen molar-refractivity contribution >= 4 is 17.9 Å². The van der Waals surface area contributed by atoms with Gasteiger partial charge in [-0.15, -0.1) is 0 Å². The fourth-order valence-electron chi connectivity index (χ4n) is 1.90. The van der Waals surface area contributed by atoms with E-state index in [9.17, 15) is 23.1 Å². The summed E-state index contributed by atoms with van der Waals surface area (Å²) in [6.45, 7) is 1.56. The van der Waals surface area contributed by atoms with Crippen molar-refractivity contribution in [2.45, 2.75) is 25.8 Å². The Morgan fingerprint density at radius 2 is 2.04 bits per heavy atom. The first-order valence-corrected chi connectivity index (χ1v) is 7.26. The van der Waals surface area contributed by atoms with E-state index in [2.05, 4.69) is 9.73 Å². The van der Waals surface area contributed by atoms with Crippen molar-refractivity contribution in [3.63, 3.8) is 0 Å². The third-order valence-electron chi connectivity index (χ3n) is 3.29. The van der Waals surface area contributed by atoms with Crippen LogP contribution in [0, 0.1) is 17.5 Å². The van der Waals surface area contributed by atoms with Crippen molar-refractivity contribution in [3.05, 3.63) is 34.7 Å². The number of aliphatic imine (C=N–C) groups is 1. The molecule has 0 unspecified atom stereocenters. The van der Waals surface area contributed by atoms with Gasteiger partial charge in [-0.25, -0.2) is 13.6 Å². The van der Waals surface area contributed by atoms with Crippen LogP contribution in [0.4, 0.5) is 13.2 Å². The molecule has 24 heavy (non-hydrogen) atoms. The molecular weight excluding hydrogens is 327 g/mol. The van der Waals surface area contributed by atoms with E-state index in [1.165, 1.54) is 0 Å². The molecule has 5 nitrogen and oxygen atoms in total. The number of aliphatic hydroxyl groups is 1. The molecule has 1 fully saturated rings. The minimum atomic E-state index is -1.53. The first-order chi connectivity index (χ1) is 11.4. The summed E-state index contributed by atoms with van der Waals surface area (Å²) in [6, 6.07) is 0.457. The van der Waals surface area contributed by atoms with Crippen LogP contribution in [0.1, 0.15) is 25.3 Å². The lowest BCUT2D eigenvalue weighted by molar-refractivity contribution is -0.137. The first-order valence-electron chi connectivity index (χ1n) is 7.26. The number of ether oxygens (including phenoxy) is 2. The van der Waals surface area contributed by atoms with Crippen LogP contribution >= 0.6 is 0 Å². The number of halogens is 3. The zero-order valence-electron chi connectivity index (χ0n) is 13.1. The highest BCUT2D eigenvalue weighted by Gasteiger charge is 2.26. The van der Waals surface area contributed by atoms with E-state index in [-0.39, 0.29) is 12.6 Å². The van der Waals surface area contributed by atoms with Crippen molar-refractivity contribution in [2.24, 2.45) is 4.99 Å². The Kier molecular flexibility index (Phi) is 5.48. The van der Waals surface area contributed by atoms with Crippen LogP contribution in [0.15, 0.2) is 16.6 Å². The van der Waals surface area contributed by atoms with Gasteiger partial charge in [-0.1, -0.05) is 0 Å². The summed E-state index contributed by atoms with van der Waals surface area (Å²) in [4.78, 5) is 16.0. The lowest BCUT2D eigenvalue weighted by Gasteiger charge is -2.11. The SMILES string of the molecule is CCOC(=O)/C(C=NC1CC1)=C(/O)c1cc(F)c(F)c(OC)c1F. The highest BCUT2D eigenvalue weighted by molar-refractivity contribution is 6.15. The molecule has 0 aromatic heterocycles. The molecule has 1 aliphatic carbocycles. The van der Waals surface area contributed by atoms with Crippen molar-refractivity contribution in [1.29, 1.82) is 0 Å². The van der Waals surface area contributed by atoms with Crippen LogP contribution in [0.2, 0.25) is 0 Å². The monoisotopic (exact) mass is 343 g/mol. The molecule has 0 heterocycles. The van der Waals surface area contributed by atoms with Crippen LogP contribution in [0.3, 0.4) is 0 Å². The summed E-state index contributed by atoms with van der Waals surface area (Å²) in [5.41, 5.74) is -1.17. The third kappa shape index (κ3) is 3.69. The number of hydrogen-bond donors (Lipinski definition) is 1. The van der Waals surface area contributed by atoms with E-state index in [0.29, 0.717) is 6.07 Å². The number of benzene rings is 1. The Bertz CT molecular complexity index is 712. The Hall–Kier alpha value is -2.51. The summed E-state index contributed by atoms with van der Waals surface area (Å²) in [7, 11) is 0.951. The molecule has 0 spiro atoms. The second kappa shape index (κ2) is 7.37. The number of nitrogens with zero attached hydrogens (tertiary/aromatic N) is 1. The van der Waals surface area contributed by atoms with Crippen molar-refractivity contribution in [3.8, 4) is 5.75 Å². The Labute approximate surface area is 136 Å². The van der Waals surface area contributed by atoms with Gasteiger partial charge in [0.05, 0.1) is 25.3 Å². The van der Waals surface area contributed by atoms with E-state index in [0.717, 1.165) is 26.2 Å². The highest BCUT2D eigenvalue weighted by atomic mass is 19.2. The van der Waals surface area contributed by atoms with E-state index >= 15 is 0 Å². The molecule has 8 heteroatoms. The number of esters is 1. The normalized spacial score (nSPS) is 15.4. The van der Waals surface area contributed by atoms with Crippen molar-refractivity contribution in [2.75, 3.05) is 13.7 Å². The second-order valence-electron chi connectivity index (χ2n) is 5.06. The number of hydrogen-bond acceptors (Lipinski definition) is 5. The molecule has 1 saturated carbocycles. The number of carbonyl (C=O) groups is 1. The maximum absolute atomic E-state index is 14.3. The van der Waals surface area contributed by atoms with Gasteiger partial charge in [0.1, 0.15) is 11.3 Å². The average molecular weight is 343 g/mol. The predicted molar refractivity (Wildman–Crippen MR) is 80.6 cm³/mol. The summed E-state index contributed by atoms with van der Waals surface area (Å²) in [5.74, 6) is -7.17. The Morgan fingerprint density at radius 3 is 2.58 bits per heavy atom. The summed E-state index contributed by atoms with van der Waals surface area (Å²) < 4.78 is 50.6. The third-order valence-corrected chi connectivity index (χ3v) is 3.29. The van der Waals surface area contributed by atoms with Gasteiger partial charge in [-0.05, 0) is 25.8 Å². The van der Waals surface area contributed by atoms with E-state index in [4.69, 9.17) is 4.74 Å². The molecule has 1 aromatic carbocycles. The minimum absolute atomic E-state index is 0.0104. The minimum Gasteiger partial charge on any atom is -0.506 e. The van der Waals surface area contributed by atoms with Gasteiger partial charge in [0.15, 0.2) is 17.4 Å². The number of carbonyl (C=O) groups excluding carboxylic acids is 1. The van der Waals surface area contributed by atoms with Gasteiger partial charge in [-0.2, -0.15) is 4.39 Å². The average Bonchev–Trinajstić information content (AvgIpc) is 3.36. The Balaban J connectivity index is 2.57. The standard InChI is InChI=1S/C16H16F3NO4/c1-3-24-16(22)10(7-20-8-4-5-8)14(21)9-6-11(17)13(19)15(23-2)12(9)18/h6-8,21H,3-5H2,1-2H3/b14-10+,20-7?. The van der Waals surface area contributed by atoms with Gasteiger partial charge in [0.2, 0.25) is 5.82 Å². The van der Waals surface area contributed by atoms with Crippen LogP contribution < -0.4 is 4.74 Å². The van der Waals surface area contributed by atoms with Crippen molar-refractivity contribution in [1.82, 2.24) is 0 Å². The molecule has 0 bridgehead atoms. The molecular formula is C16H16F3NO4. The summed E-state index contributed by atoms with van der Waals surface area (Å²) in [5, 5.41) is 10.2. The summed E-state index contributed by atoms with van der Waals surface area (Å²) >= 11 is 0. The molecule has 2 rings (SSSR count). The van der Waals surface area contributed by atoms with Gasteiger partial charge in [0, 0.05) is 6.21 Å². The van der Waals surface area contributed by atoms with E-state index in [1.807, 2.05) is 0 Å². The molecule has 0 saturated heterocycles. The lowest BCUT2D eigenvalue weighted by Crippen LogP contribution is -2.13. The fourth-order valence-corrected chi connectivity index (χ4v) is 1.90. The maximum atomic E-state index is 14.3. The van der Waals surface area contributed by atoms with Crippen molar-refractivity contribution < 1.29 is 32.5 Å². The van der Waals surface area contributed by atoms with Gasteiger partial charge in [-0.3, -0.25) is 4.99 Å². The molecule has 1 aromatic rings. The van der Waals surface area contributed by atoms with Gasteiger partial charge >= 0.3 is 5.97 Å². The maximum Gasteiger partial charge on any atom is 0.343 e. The van der Waals surface area contributed by atoms with E-state index < -0.39 is 46.1 Å². The zero-order valence-corrected chi connectivity index (χ0v) is 13.1. The van der Waals surface area contributed by atoms with Crippen LogP contribution in [0.5, 0.6) is 5.75 Å². The molecule has 1 N–H and O–H groups in total. The lowest BCUT2D eigenvalue weighted by atomic mass is 10.1. The molecule has 0 aliphatic heterocycles. The topological polar surface area (TPSA) is 68.1 Å². The molecule has 130 valence electrons. The fraction of sp³-hybridized carbons (Fsp3) is 0.375. The van der Waals surface area contributed by atoms with E-state index in [1.54, 1.807) is 6.92 Å². The number of methoxy groups -OCH3 is 1. The molecule has 0 atom stereocenters. The largest absolute Gasteiger partial charge is 0.506 e. The quantitative estimate of drug-likeness (QED) is 0.283. The van der Waals surface area contributed by atoms with Crippen LogP contribution in [-0.2, 0) is 9.53 Å². The molecule has 1 aliphatic rings. The Morgan fingerprint density at radius 1 is 1.38 bits per heavy atom. The van der Waals surface area contributed by atoms with Crippen LogP contribution in [0.25, 0.3) is 5.76 Å².